The fourth-order valence-electron chi connectivity index (χ4n) is 4.30. The summed E-state index contributed by atoms with van der Waals surface area (Å²) in [6.07, 6.45) is 7.41. The molecule has 0 aromatic carbocycles. The number of nitrogens with two attached hydrogens (primary N) is 1. The summed E-state index contributed by atoms with van der Waals surface area (Å²) in [6.45, 7) is 0.966. The van der Waals surface area contributed by atoms with E-state index in [9.17, 15) is 14.0 Å². The Morgan fingerprint density at radius 1 is 1.29 bits per heavy atom. The molecule has 11 heteroatoms. The van der Waals surface area contributed by atoms with Gasteiger partial charge in [0.25, 0.3) is 11.5 Å². The van der Waals surface area contributed by atoms with Crippen LogP contribution in [-0.2, 0) is 18.4 Å². The van der Waals surface area contributed by atoms with E-state index in [-0.39, 0.29) is 24.6 Å². The zero-order valence-electron chi connectivity index (χ0n) is 19.4. The van der Waals surface area contributed by atoms with Crippen molar-refractivity contribution in [3.63, 3.8) is 0 Å². The monoisotopic (exact) mass is 502 g/mol. The molecule has 1 amide bonds. The molecule has 0 atom stereocenters. The number of pyridine rings is 3. The first kappa shape index (κ1) is 24.9. The van der Waals surface area contributed by atoms with Gasteiger partial charge in [-0.05, 0) is 24.8 Å². The molecule has 0 bridgehead atoms. The number of aromatic nitrogens is 3. The summed E-state index contributed by atoms with van der Waals surface area (Å²) in [5, 5.41) is 6.24. The number of rotatable bonds is 4. The maximum absolute atomic E-state index is 14.1. The van der Waals surface area contributed by atoms with Gasteiger partial charge in [0.05, 0.1) is 33.6 Å². The Bertz CT molecular complexity index is 1290. The molecule has 5 rings (SSSR count). The van der Waals surface area contributed by atoms with Crippen LogP contribution in [0.25, 0.3) is 11.0 Å². The van der Waals surface area contributed by atoms with Gasteiger partial charge in [-0.15, -0.1) is 0 Å². The molecule has 3 aromatic rings. The minimum Gasteiger partial charge on any atom is -0.480 e. The maximum atomic E-state index is 14.1. The molecule has 9 nitrogen and oxygen atoms in total. The second-order valence-corrected chi connectivity index (χ2v) is 9.04. The molecule has 1 fully saturated rings. The highest BCUT2D eigenvalue weighted by molar-refractivity contribution is 6.31. The summed E-state index contributed by atoms with van der Waals surface area (Å²) in [7, 11) is 1.65. The van der Waals surface area contributed by atoms with E-state index in [0.717, 1.165) is 6.54 Å². The van der Waals surface area contributed by atoms with Gasteiger partial charge in [0.15, 0.2) is 24.0 Å². The molecule has 2 aliphatic rings. The maximum Gasteiger partial charge on any atom is 0.263 e. The molecule has 0 unspecified atom stereocenters. The number of hydrogen-bond acceptors (Lipinski definition) is 7. The minimum absolute atomic E-state index is 0.00696. The Balaban J connectivity index is 0.000000179. The standard InChI is InChI=1S/C16H20FN3O.C8H8ClN3O2/c1-20-14(21)8-7-13-16(20)15(12(17)10-18-13)19-9-11-5-3-2-4-6-11;9-4-1-6-8(11-5(4)2-10)12-7(13)3-14-6/h7-8,10-11H,2-6,9H2,1H3,(H,18,19);1H,2-3,10H2,(H,11,12,13). The first-order valence-electron chi connectivity index (χ1n) is 11.6. The largest absolute Gasteiger partial charge is 0.480 e. The number of halogens is 2. The van der Waals surface area contributed by atoms with Crippen molar-refractivity contribution in [3.05, 3.63) is 51.3 Å². The normalized spacial score (nSPS) is 15.5. The number of anilines is 2. The average molecular weight is 503 g/mol. The average Bonchev–Trinajstić information content (AvgIpc) is 2.86. The minimum atomic E-state index is -0.403. The fraction of sp³-hybridized carbons (Fsp3) is 0.417. The molecule has 3 aromatic heterocycles. The topological polar surface area (TPSA) is 124 Å². The molecule has 1 saturated carbocycles. The zero-order valence-corrected chi connectivity index (χ0v) is 20.2. The van der Waals surface area contributed by atoms with Crippen molar-refractivity contribution in [2.24, 2.45) is 18.7 Å². The SMILES string of the molecule is Cn1c(=O)ccc2ncc(F)c(NCC3CCCCC3)c21.NCc1nc2c(cc1Cl)OCC(=O)N2. The van der Waals surface area contributed by atoms with Crippen molar-refractivity contribution in [2.45, 2.75) is 38.6 Å². The van der Waals surface area contributed by atoms with Crippen LogP contribution in [0.15, 0.2) is 29.2 Å². The smallest absolute Gasteiger partial charge is 0.263 e. The number of carbonyl (C=O) groups is 1. The van der Waals surface area contributed by atoms with Crippen LogP contribution in [0.3, 0.4) is 0 Å². The number of carbonyl (C=O) groups excluding carboxylic acids is 1. The number of nitrogens with one attached hydrogen (secondary N) is 2. The Morgan fingerprint density at radius 2 is 2.06 bits per heavy atom. The lowest BCUT2D eigenvalue weighted by Crippen LogP contribution is -2.26. The second kappa shape index (κ2) is 11.0. The van der Waals surface area contributed by atoms with E-state index < -0.39 is 5.82 Å². The molecular weight excluding hydrogens is 475 g/mol. The third kappa shape index (κ3) is 5.71. The van der Waals surface area contributed by atoms with Gasteiger partial charge in [0.2, 0.25) is 0 Å². The van der Waals surface area contributed by atoms with Crippen molar-refractivity contribution in [1.82, 2.24) is 14.5 Å². The van der Waals surface area contributed by atoms with E-state index in [4.69, 9.17) is 22.1 Å². The molecule has 0 radical (unpaired) electrons. The molecule has 0 spiro atoms. The van der Waals surface area contributed by atoms with Crippen LogP contribution in [0.5, 0.6) is 5.75 Å². The van der Waals surface area contributed by atoms with Crippen LogP contribution in [0.4, 0.5) is 15.9 Å². The van der Waals surface area contributed by atoms with E-state index in [2.05, 4.69) is 20.6 Å². The number of nitrogens with zero attached hydrogens (tertiary/aromatic N) is 3. The summed E-state index contributed by atoms with van der Waals surface area (Å²) in [5.74, 6) is 0.815. The highest BCUT2D eigenvalue weighted by Crippen LogP contribution is 2.30. The molecular formula is C24H28ClFN6O3. The van der Waals surface area contributed by atoms with Crippen molar-refractivity contribution < 1.29 is 13.9 Å². The Hall–Kier alpha value is -3.24. The second-order valence-electron chi connectivity index (χ2n) is 8.64. The lowest BCUT2D eigenvalue weighted by Gasteiger charge is -2.23. The lowest BCUT2D eigenvalue weighted by molar-refractivity contribution is -0.118. The zero-order chi connectivity index (χ0) is 24.9. The van der Waals surface area contributed by atoms with Crippen LogP contribution in [0.1, 0.15) is 37.8 Å². The van der Waals surface area contributed by atoms with Crippen LogP contribution < -0.4 is 26.7 Å². The van der Waals surface area contributed by atoms with Gasteiger partial charge in [-0.25, -0.2) is 9.37 Å². The highest BCUT2D eigenvalue weighted by Gasteiger charge is 2.19. The summed E-state index contributed by atoms with van der Waals surface area (Å²) in [5.41, 5.74) is 7.36. The Kier molecular flexibility index (Phi) is 7.82. The van der Waals surface area contributed by atoms with E-state index >= 15 is 0 Å². The Labute approximate surface area is 206 Å². The molecule has 186 valence electrons. The van der Waals surface area contributed by atoms with E-state index in [1.54, 1.807) is 19.2 Å². The van der Waals surface area contributed by atoms with Crippen LogP contribution in [0.2, 0.25) is 5.02 Å². The summed E-state index contributed by atoms with van der Waals surface area (Å²) < 4.78 is 20.7. The van der Waals surface area contributed by atoms with Gasteiger partial charge in [0, 0.05) is 32.3 Å². The third-order valence-electron chi connectivity index (χ3n) is 6.20. The molecule has 4 N–H and O–H groups in total. The molecule has 4 heterocycles. The number of amides is 1. The summed E-state index contributed by atoms with van der Waals surface area (Å²) in [6, 6.07) is 4.70. The first-order chi connectivity index (χ1) is 16.9. The van der Waals surface area contributed by atoms with Crippen molar-refractivity contribution in [2.75, 3.05) is 23.8 Å². The fourth-order valence-corrected chi connectivity index (χ4v) is 4.52. The summed E-state index contributed by atoms with van der Waals surface area (Å²) in [4.78, 5) is 30.9. The molecule has 1 aliphatic carbocycles. The van der Waals surface area contributed by atoms with Crippen LogP contribution in [-0.4, -0.2) is 33.6 Å². The van der Waals surface area contributed by atoms with Crippen LogP contribution >= 0.6 is 11.6 Å². The number of aryl methyl sites for hydroxylation is 1. The predicted octanol–water partition coefficient (Wildman–Crippen LogP) is 3.59. The predicted molar refractivity (Wildman–Crippen MR) is 133 cm³/mol. The quantitative estimate of drug-likeness (QED) is 0.498. The molecule has 35 heavy (non-hydrogen) atoms. The van der Waals surface area contributed by atoms with E-state index in [1.807, 2.05) is 0 Å². The van der Waals surface area contributed by atoms with Gasteiger partial charge < -0.3 is 25.7 Å². The van der Waals surface area contributed by atoms with Crippen LogP contribution in [0, 0.1) is 11.7 Å². The molecule has 0 saturated heterocycles. The van der Waals surface area contributed by atoms with Gasteiger partial charge in [-0.3, -0.25) is 14.6 Å². The summed E-state index contributed by atoms with van der Waals surface area (Å²) >= 11 is 5.86. The van der Waals surface area contributed by atoms with E-state index in [0.29, 0.717) is 44.9 Å². The Morgan fingerprint density at radius 3 is 2.80 bits per heavy atom. The van der Waals surface area contributed by atoms with Crippen molar-refractivity contribution in [3.8, 4) is 5.75 Å². The number of fused-ring (bicyclic) bond motifs is 2. The number of hydrogen-bond donors (Lipinski definition) is 3. The lowest BCUT2D eigenvalue weighted by atomic mass is 9.89. The van der Waals surface area contributed by atoms with Crippen molar-refractivity contribution >= 4 is 40.0 Å². The third-order valence-corrected chi connectivity index (χ3v) is 6.53. The van der Waals surface area contributed by atoms with E-state index in [1.165, 1.54) is 48.9 Å². The van der Waals surface area contributed by atoms with Gasteiger partial charge in [-0.1, -0.05) is 30.9 Å². The molecule has 1 aliphatic heterocycles. The highest BCUT2D eigenvalue weighted by atomic mass is 35.5. The number of ether oxygens (including phenoxy) is 1. The van der Waals surface area contributed by atoms with Crippen molar-refractivity contribution in [1.29, 1.82) is 0 Å². The van der Waals surface area contributed by atoms with Gasteiger partial charge in [0.1, 0.15) is 0 Å². The van der Waals surface area contributed by atoms with Gasteiger partial charge in [-0.2, -0.15) is 0 Å². The first-order valence-corrected chi connectivity index (χ1v) is 12.0. The van der Waals surface area contributed by atoms with Gasteiger partial charge >= 0.3 is 0 Å².